The fourth-order valence-electron chi connectivity index (χ4n) is 3.47. The molecule has 2 aromatic rings. The molecule has 0 radical (unpaired) electrons. The molecule has 1 amide bonds. The van der Waals surface area contributed by atoms with Crippen LogP contribution in [0.3, 0.4) is 0 Å². The van der Waals surface area contributed by atoms with Gasteiger partial charge in [0.15, 0.2) is 18.1 Å². The van der Waals surface area contributed by atoms with E-state index in [4.69, 9.17) is 14.2 Å². The lowest BCUT2D eigenvalue weighted by Crippen LogP contribution is -2.38. The predicted octanol–water partition coefficient (Wildman–Crippen LogP) is 2.46. The Balaban J connectivity index is 1.51. The summed E-state index contributed by atoms with van der Waals surface area (Å²) in [5, 5.41) is 11.3. The highest BCUT2D eigenvalue weighted by Gasteiger charge is 2.32. The number of esters is 1. The number of benzene rings is 2. The number of para-hydroxylation sites is 1. The molecular weight excluding hydrogens is 368 g/mol. The maximum absolute atomic E-state index is 12.6. The summed E-state index contributed by atoms with van der Waals surface area (Å²) in [6.07, 6.45) is 0.712. The summed E-state index contributed by atoms with van der Waals surface area (Å²) in [6.45, 7) is 1.29. The lowest BCUT2D eigenvalue weighted by Gasteiger charge is -2.22. The van der Waals surface area contributed by atoms with Gasteiger partial charge in [-0.05, 0) is 25.0 Å². The first-order valence-corrected chi connectivity index (χ1v) is 8.61. The number of nitro benzene ring substituents is 1. The third-order valence-corrected chi connectivity index (χ3v) is 4.71. The Labute approximate surface area is 159 Å². The van der Waals surface area contributed by atoms with Crippen LogP contribution < -0.4 is 14.4 Å². The van der Waals surface area contributed by atoms with Crippen molar-refractivity contribution in [2.75, 3.05) is 18.3 Å². The quantitative estimate of drug-likeness (QED) is 0.452. The molecule has 0 bridgehead atoms. The SMILES string of the molecule is CC1Cc2ccccc2N1C(=O)COC(=O)c1cc2c(cc1[N+](=O)[O-])OCO2. The van der Waals surface area contributed by atoms with E-state index in [1.165, 1.54) is 6.07 Å². The van der Waals surface area contributed by atoms with Crippen molar-refractivity contribution in [1.29, 1.82) is 0 Å². The van der Waals surface area contributed by atoms with Crippen LogP contribution in [0.2, 0.25) is 0 Å². The first-order valence-electron chi connectivity index (χ1n) is 8.61. The highest BCUT2D eigenvalue weighted by molar-refractivity contribution is 6.00. The van der Waals surface area contributed by atoms with Gasteiger partial charge in [-0.15, -0.1) is 0 Å². The van der Waals surface area contributed by atoms with Crippen LogP contribution in [-0.4, -0.2) is 36.2 Å². The summed E-state index contributed by atoms with van der Waals surface area (Å²) < 4.78 is 15.3. The van der Waals surface area contributed by atoms with E-state index in [9.17, 15) is 19.7 Å². The van der Waals surface area contributed by atoms with Gasteiger partial charge in [0, 0.05) is 17.8 Å². The molecule has 1 atom stereocenters. The summed E-state index contributed by atoms with van der Waals surface area (Å²) in [4.78, 5) is 37.2. The molecule has 2 aliphatic heterocycles. The predicted molar refractivity (Wildman–Crippen MR) is 96.6 cm³/mol. The number of amides is 1. The molecule has 0 aliphatic carbocycles. The van der Waals surface area contributed by atoms with Gasteiger partial charge >= 0.3 is 5.97 Å². The van der Waals surface area contributed by atoms with Crippen molar-refractivity contribution in [1.82, 2.24) is 0 Å². The number of rotatable bonds is 4. The van der Waals surface area contributed by atoms with E-state index >= 15 is 0 Å². The maximum atomic E-state index is 12.6. The fourth-order valence-corrected chi connectivity index (χ4v) is 3.47. The second kappa shape index (κ2) is 6.84. The number of nitrogens with zero attached hydrogens (tertiary/aromatic N) is 2. The van der Waals surface area contributed by atoms with E-state index in [2.05, 4.69) is 0 Å². The molecule has 2 aliphatic rings. The summed E-state index contributed by atoms with van der Waals surface area (Å²) in [5.74, 6) is -0.972. The molecule has 9 heteroatoms. The molecule has 144 valence electrons. The minimum Gasteiger partial charge on any atom is -0.454 e. The van der Waals surface area contributed by atoms with E-state index in [1.54, 1.807) is 4.90 Å². The Morgan fingerprint density at radius 1 is 1.25 bits per heavy atom. The van der Waals surface area contributed by atoms with Gasteiger partial charge in [-0.25, -0.2) is 4.79 Å². The highest BCUT2D eigenvalue weighted by Crippen LogP contribution is 2.38. The first-order chi connectivity index (χ1) is 13.5. The Morgan fingerprint density at radius 3 is 2.71 bits per heavy atom. The van der Waals surface area contributed by atoms with Gasteiger partial charge < -0.3 is 19.1 Å². The molecule has 0 saturated carbocycles. The van der Waals surface area contributed by atoms with Crippen molar-refractivity contribution in [3.05, 3.63) is 57.6 Å². The number of fused-ring (bicyclic) bond motifs is 2. The monoisotopic (exact) mass is 384 g/mol. The summed E-state index contributed by atoms with van der Waals surface area (Å²) in [5.41, 5.74) is 1.06. The van der Waals surface area contributed by atoms with Crippen molar-refractivity contribution in [2.45, 2.75) is 19.4 Å². The molecule has 28 heavy (non-hydrogen) atoms. The number of carbonyl (C=O) groups excluding carboxylic acids is 2. The summed E-state index contributed by atoms with van der Waals surface area (Å²) in [7, 11) is 0. The largest absolute Gasteiger partial charge is 0.454 e. The Morgan fingerprint density at radius 2 is 1.96 bits per heavy atom. The van der Waals surface area contributed by atoms with Crippen LogP contribution in [-0.2, 0) is 16.0 Å². The van der Waals surface area contributed by atoms with Gasteiger partial charge in [-0.1, -0.05) is 18.2 Å². The van der Waals surface area contributed by atoms with Crippen LogP contribution in [0.4, 0.5) is 11.4 Å². The van der Waals surface area contributed by atoms with Crippen LogP contribution in [0.15, 0.2) is 36.4 Å². The number of anilines is 1. The average Bonchev–Trinajstić information content (AvgIpc) is 3.27. The normalized spacial score (nSPS) is 16.6. The average molecular weight is 384 g/mol. The van der Waals surface area contributed by atoms with E-state index in [-0.39, 0.29) is 29.9 Å². The van der Waals surface area contributed by atoms with Gasteiger partial charge in [0.25, 0.3) is 11.6 Å². The van der Waals surface area contributed by atoms with Gasteiger partial charge in [0.05, 0.1) is 11.0 Å². The highest BCUT2D eigenvalue weighted by atomic mass is 16.7. The molecule has 2 aromatic carbocycles. The summed E-state index contributed by atoms with van der Waals surface area (Å²) in [6, 6.07) is 9.75. The standard InChI is InChI=1S/C19H16N2O7/c1-11-6-12-4-2-3-5-14(12)20(11)18(22)9-26-19(23)13-7-16-17(28-10-27-16)8-15(13)21(24)25/h2-5,7-8,11H,6,9-10H2,1H3. The lowest BCUT2D eigenvalue weighted by atomic mass is 10.1. The van der Waals surface area contributed by atoms with Crippen LogP contribution in [0.5, 0.6) is 11.5 Å². The van der Waals surface area contributed by atoms with E-state index < -0.39 is 29.1 Å². The molecule has 0 spiro atoms. The third kappa shape index (κ3) is 3.00. The van der Waals surface area contributed by atoms with Gasteiger partial charge in [0.2, 0.25) is 6.79 Å². The van der Waals surface area contributed by atoms with Crippen molar-refractivity contribution in [3.63, 3.8) is 0 Å². The molecule has 9 nitrogen and oxygen atoms in total. The van der Waals surface area contributed by atoms with Crippen LogP contribution in [0, 0.1) is 10.1 Å². The fraction of sp³-hybridized carbons (Fsp3) is 0.263. The number of hydrogen-bond acceptors (Lipinski definition) is 7. The van der Waals surface area contributed by atoms with E-state index in [0.717, 1.165) is 17.3 Å². The zero-order valence-corrected chi connectivity index (χ0v) is 14.9. The van der Waals surface area contributed by atoms with Gasteiger partial charge in [0.1, 0.15) is 5.56 Å². The van der Waals surface area contributed by atoms with Crippen molar-refractivity contribution < 1.29 is 28.7 Å². The lowest BCUT2D eigenvalue weighted by molar-refractivity contribution is -0.385. The molecule has 0 saturated heterocycles. The van der Waals surface area contributed by atoms with E-state index in [0.29, 0.717) is 6.42 Å². The zero-order chi connectivity index (χ0) is 19.8. The molecule has 4 rings (SSSR count). The Hall–Kier alpha value is -3.62. The second-order valence-corrected chi connectivity index (χ2v) is 6.50. The molecule has 0 fully saturated rings. The number of carbonyl (C=O) groups is 2. The summed E-state index contributed by atoms with van der Waals surface area (Å²) >= 11 is 0. The van der Waals surface area contributed by atoms with Crippen molar-refractivity contribution in [2.24, 2.45) is 0 Å². The first kappa shape index (κ1) is 17.8. The topological polar surface area (TPSA) is 108 Å². The van der Waals surface area contributed by atoms with Crippen LogP contribution in [0.25, 0.3) is 0 Å². The molecular formula is C19H16N2O7. The Bertz CT molecular complexity index is 988. The molecule has 2 heterocycles. The maximum Gasteiger partial charge on any atom is 0.345 e. The second-order valence-electron chi connectivity index (χ2n) is 6.50. The Kier molecular flexibility index (Phi) is 4.34. The molecule has 0 N–H and O–H groups in total. The smallest absolute Gasteiger partial charge is 0.345 e. The molecule has 0 aromatic heterocycles. The van der Waals surface area contributed by atoms with E-state index in [1.807, 2.05) is 31.2 Å². The minimum absolute atomic E-state index is 0.0662. The van der Waals surface area contributed by atoms with Crippen molar-refractivity contribution in [3.8, 4) is 11.5 Å². The third-order valence-electron chi connectivity index (χ3n) is 4.71. The molecule has 1 unspecified atom stereocenters. The number of nitro groups is 1. The van der Waals surface area contributed by atoms with Crippen LogP contribution >= 0.6 is 0 Å². The minimum atomic E-state index is -0.974. The van der Waals surface area contributed by atoms with Crippen LogP contribution in [0.1, 0.15) is 22.8 Å². The number of ether oxygens (including phenoxy) is 3. The van der Waals surface area contributed by atoms with Crippen molar-refractivity contribution >= 4 is 23.3 Å². The number of hydrogen-bond donors (Lipinski definition) is 0. The van der Waals surface area contributed by atoms with Gasteiger partial charge in [-0.2, -0.15) is 0 Å². The van der Waals surface area contributed by atoms with Gasteiger partial charge in [-0.3, -0.25) is 14.9 Å². The zero-order valence-electron chi connectivity index (χ0n) is 14.9.